The van der Waals surface area contributed by atoms with Crippen molar-refractivity contribution in [3.8, 4) is 0 Å². The number of para-hydroxylation sites is 1. The highest BCUT2D eigenvalue weighted by Gasteiger charge is 2.21. The number of likely N-dealkylation sites (tertiary alicyclic amines) is 1. The van der Waals surface area contributed by atoms with Crippen molar-refractivity contribution in [2.24, 2.45) is 10.9 Å². The van der Waals surface area contributed by atoms with Crippen LogP contribution in [0.4, 0.5) is 5.69 Å². The summed E-state index contributed by atoms with van der Waals surface area (Å²) in [5.41, 5.74) is 1.24. The number of anilines is 1. The number of amides is 1. The maximum Gasteiger partial charge on any atom is 0.224 e. The minimum Gasteiger partial charge on any atom is -0.368 e. The Bertz CT molecular complexity index is 679. The summed E-state index contributed by atoms with van der Waals surface area (Å²) >= 11 is 0. The first-order valence-electron chi connectivity index (χ1n) is 11.9. The molecule has 3 rings (SSSR count). The molecule has 31 heavy (non-hydrogen) atoms. The number of hydrogen-bond acceptors (Lipinski definition) is 4. The zero-order valence-corrected chi connectivity index (χ0v) is 19.4. The fourth-order valence-corrected chi connectivity index (χ4v) is 4.31. The molecule has 0 bridgehead atoms. The van der Waals surface area contributed by atoms with E-state index in [0.29, 0.717) is 13.0 Å². The molecule has 172 valence electrons. The molecule has 7 nitrogen and oxygen atoms in total. The minimum atomic E-state index is 0.218. The van der Waals surface area contributed by atoms with Crippen LogP contribution in [0.2, 0.25) is 0 Å². The first-order valence-corrected chi connectivity index (χ1v) is 11.9. The van der Waals surface area contributed by atoms with Crippen molar-refractivity contribution in [1.29, 1.82) is 0 Å². The predicted octanol–water partition coefficient (Wildman–Crippen LogP) is 2.01. The molecule has 2 heterocycles. The number of aliphatic imine (C=N–C) groups is 1. The van der Waals surface area contributed by atoms with Gasteiger partial charge in [0.15, 0.2) is 5.96 Å². The van der Waals surface area contributed by atoms with Crippen molar-refractivity contribution >= 4 is 17.6 Å². The van der Waals surface area contributed by atoms with Crippen molar-refractivity contribution in [3.05, 3.63) is 30.3 Å². The smallest absolute Gasteiger partial charge is 0.224 e. The highest BCUT2D eigenvalue weighted by atomic mass is 16.2. The molecule has 0 spiro atoms. The van der Waals surface area contributed by atoms with Crippen LogP contribution < -0.4 is 15.5 Å². The number of carbonyl (C=O) groups excluding carboxylic acids is 1. The second kappa shape index (κ2) is 12.5. The van der Waals surface area contributed by atoms with Gasteiger partial charge >= 0.3 is 0 Å². The average Bonchev–Trinajstić information content (AvgIpc) is 2.82. The summed E-state index contributed by atoms with van der Waals surface area (Å²) in [4.78, 5) is 23.7. The first kappa shape index (κ1) is 23.4. The normalized spacial score (nSPS) is 18.8. The Balaban J connectivity index is 1.26. The van der Waals surface area contributed by atoms with Gasteiger partial charge in [-0.3, -0.25) is 9.79 Å². The fraction of sp³-hybridized carbons (Fsp3) is 0.667. The molecule has 2 saturated heterocycles. The van der Waals surface area contributed by atoms with E-state index >= 15 is 0 Å². The molecule has 1 aromatic carbocycles. The molecule has 0 saturated carbocycles. The van der Waals surface area contributed by atoms with Crippen molar-refractivity contribution in [1.82, 2.24) is 20.4 Å². The third-order valence-electron chi connectivity index (χ3n) is 6.43. The quantitative estimate of drug-likeness (QED) is 0.377. The molecule has 0 aromatic heterocycles. The molecule has 2 aliphatic heterocycles. The molecule has 2 N–H and O–H groups in total. The van der Waals surface area contributed by atoms with Crippen LogP contribution in [0.25, 0.3) is 0 Å². The number of piperidine rings is 1. The summed E-state index contributed by atoms with van der Waals surface area (Å²) in [5, 5.41) is 6.66. The molecule has 2 aliphatic rings. The molecule has 1 amide bonds. The molecular weight excluding hydrogens is 388 g/mol. The van der Waals surface area contributed by atoms with Gasteiger partial charge in [-0.2, -0.15) is 0 Å². The Labute approximate surface area is 187 Å². The number of nitrogens with zero attached hydrogens (tertiary/aromatic N) is 4. The second-order valence-corrected chi connectivity index (χ2v) is 8.76. The van der Waals surface area contributed by atoms with Gasteiger partial charge in [0, 0.05) is 58.4 Å². The number of guanidine groups is 1. The van der Waals surface area contributed by atoms with Crippen LogP contribution in [0.15, 0.2) is 35.3 Å². The molecule has 2 fully saturated rings. The van der Waals surface area contributed by atoms with Crippen molar-refractivity contribution in [2.75, 3.05) is 70.9 Å². The zero-order valence-electron chi connectivity index (χ0n) is 19.4. The van der Waals surface area contributed by atoms with E-state index in [9.17, 15) is 4.79 Å². The van der Waals surface area contributed by atoms with Gasteiger partial charge in [-0.25, -0.2) is 0 Å². The summed E-state index contributed by atoms with van der Waals surface area (Å²) in [6, 6.07) is 10.4. The fourth-order valence-electron chi connectivity index (χ4n) is 4.31. The second-order valence-electron chi connectivity index (χ2n) is 8.76. The van der Waals surface area contributed by atoms with E-state index in [-0.39, 0.29) is 5.91 Å². The van der Waals surface area contributed by atoms with E-state index in [2.05, 4.69) is 56.6 Å². The van der Waals surface area contributed by atoms with Gasteiger partial charge < -0.3 is 25.3 Å². The zero-order chi connectivity index (χ0) is 21.9. The highest BCUT2D eigenvalue weighted by Crippen LogP contribution is 2.16. The van der Waals surface area contributed by atoms with Crippen LogP contribution >= 0.6 is 0 Å². The van der Waals surface area contributed by atoms with Gasteiger partial charge in [0.05, 0.1) is 0 Å². The Morgan fingerprint density at radius 3 is 2.35 bits per heavy atom. The lowest BCUT2D eigenvalue weighted by molar-refractivity contribution is -0.131. The topological polar surface area (TPSA) is 63.2 Å². The van der Waals surface area contributed by atoms with Crippen molar-refractivity contribution in [3.63, 3.8) is 0 Å². The molecular formula is C24H40N6O. The summed E-state index contributed by atoms with van der Waals surface area (Å²) < 4.78 is 0. The van der Waals surface area contributed by atoms with Crippen LogP contribution in [-0.4, -0.2) is 87.6 Å². The van der Waals surface area contributed by atoms with Crippen LogP contribution in [0.5, 0.6) is 0 Å². The summed E-state index contributed by atoms with van der Waals surface area (Å²) in [5.74, 6) is 1.89. The molecule has 7 heteroatoms. The molecule has 0 unspecified atom stereocenters. The summed E-state index contributed by atoms with van der Waals surface area (Å²) in [6.45, 7) is 10.8. The van der Waals surface area contributed by atoms with E-state index in [1.54, 1.807) is 7.05 Å². The number of nitrogens with one attached hydrogen (secondary N) is 2. The van der Waals surface area contributed by atoms with Gasteiger partial charge in [0.25, 0.3) is 0 Å². The van der Waals surface area contributed by atoms with Gasteiger partial charge in [0.2, 0.25) is 5.91 Å². The lowest BCUT2D eigenvalue weighted by Gasteiger charge is -2.36. The van der Waals surface area contributed by atoms with Crippen LogP contribution in [0, 0.1) is 5.92 Å². The number of benzene rings is 1. The van der Waals surface area contributed by atoms with E-state index in [4.69, 9.17) is 0 Å². The van der Waals surface area contributed by atoms with E-state index in [1.807, 2.05) is 11.0 Å². The SMILES string of the molecule is CN=C(NCCCN1CCC(C)CC1)NCCC(=O)N1CCN(c2ccccc2)CC1. The van der Waals surface area contributed by atoms with Crippen LogP contribution in [-0.2, 0) is 4.79 Å². The van der Waals surface area contributed by atoms with Crippen molar-refractivity contribution in [2.45, 2.75) is 32.6 Å². The van der Waals surface area contributed by atoms with Gasteiger partial charge in [-0.1, -0.05) is 25.1 Å². The van der Waals surface area contributed by atoms with Crippen LogP contribution in [0.3, 0.4) is 0 Å². The number of hydrogen-bond donors (Lipinski definition) is 2. The summed E-state index contributed by atoms with van der Waals surface area (Å²) in [7, 11) is 1.78. The lowest BCUT2D eigenvalue weighted by atomic mass is 9.99. The third kappa shape index (κ3) is 7.73. The Morgan fingerprint density at radius 1 is 1.00 bits per heavy atom. The van der Waals surface area contributed by atoms with E-state index in [0.717, 1.165) is 57.6 Å². The molecule has 0 atom stereocenters. The Morgan fingerprint density at radius 2 is 1.68 bits per heavy atom. The largest absolute Gasteiger partial charge is 0.368 e. The standard InChI is InChI=1S/C24H40N6O/c1-21-10-15-28(16-11-21)14-6-12-26-24(25-2)27-13-9-23(31)30-19-17-29(18-20-30)22-7-4-3-5-8-22/h3-5,7-8,21H,6,9-20H2,1-2H3,(H2,25,26,27). The average molecular weight is 429 g/mol. The minimum absolute atomic E-state index is 0.218. The Hall–Kier alpha value is -2.28. The predicted molar refractivity (Wildman–Crippen MR) is 129 cm³/mol. The maximum absolute atomic E-state index is 12.6. The Kier molecular flexibility index (Phi) is 9.46. The molecule has 0 radical (unpaired) electrons. The third-order valence-corrected chi connectivity index (χ3v) is 6.43. The summed E-state index contributed by atoms with van der Waals surface area (Å²) in [6.07, 6.45) is 4.26. The van der Waals surface area contributed by atoms with E-state index < -0.39 is 0 Å². The highest BCUT2D eigenvalue weighted by molar-refractivity contribution is 5.81. The maximum atomic E-state index is 12.6. The number of piperazine rings is 1. The van der Waals surface area contributed by atoms with E-state index in [1.165, 1.54) is 31.6 Å². The number of carbonyl (C=O) groups is 1. The molecule has 0 aliphatic carbocycles. The number of rotatable bonds is 8. The monoisotopic (exact) mass is 428 g/mol. The van der Waals surface area contributed by atoms with Gasteiger partial charge in [-0.05, 0) is 56.9 Å². The van der Waals surface area contributed by atoms with Gasteiger partial charge in [-0.15, -0.1) is 0 Å². The van der Waals surface area contributed by atoms with Gasteiger partial charge in [0.1, 0.15) is 0 Å². The molecule has 1 aromatic rings. The first-order chi connectivity index (χ1) is 15.2. The lowest BCUT2D eigenvalue weighted by Crippen LogP contribution is -2.49. The van der Waals surface area contributed by atoms with Crippen LogP contribution in [0.1, 0.15) is 32.6 Å². The van der Waals surface area contributed by atoms with Crippen molar-refractivity contribution < 1.29 is 4.79 Å².